The van der Waals surface area contributed by atoms with Crippen LogP contribution >= 0.6 is 0 Å². The van der Waals surface area contributed by atoms with E-state index in [0.717, 1.165) is 6.42 Å². The number of para-hydroxylation sites is 2. The van der Waals surface area contributed by atoms with Crippen LogP contribution in [-0.2, 0) is 10.0 Å². The number of benzene rings is 1. The number of pyridine rings is 1. The Morgan fingerprint density at radius 1 is 1.10 bits per heavy atom. The van der Waals surface area contributed by atoms with Gasteiger partial charge in [0.25, 0.3) is 5.88 Å². The van der Waals surface area contributed by atoms with Crippen LogP contribution in [0.15, 0.2) is 48.8 Å². The summed E-state index contributed by atoms with van der Waals surface area (Å²) in [5.41, 5.74) is 1.82. The minimum absolute atomic E-state index is 0.0335. The predicted octanol–water partition coefficient (Wildman–Crippen LogP) is 3.34. The molecule has 29 heavy (non-hydrogen) atoms. The van der Waals surface area contributed by atoms with Crippen molar-refractivity contribution in [2.45, 2.75) is 39.2 Å². The van der Waals surface area contributed by atoms with Gasteiger partial charge in [-0.1, -0.05) is 32.4 Å². The van der Waals surface area contributed by atoms with E-state index in [1.165, 1.54) is 12.4 Å². The Morgan fingerprint density at radius 2 is 1.83 bits per heavy atom. The molecular formula is C20H24N4O4S. The van der Waals surface area contributed by atoms with Gasteiger partial charge in [0.15, 0.2) is 12.4 Å². The summed E-state index contributed by atoms with van der Waals surface area (Å²) < 4.78 is 34.0. The molecule has 3 aromatic rings. The third-order valence-corrected chi connectivity index (χ3v) is 5.69. The molecule has 1 unspecified atom stereocenters. The van der Waals surface area contributed by atoms with E-state index in [1.807, 2.05) is 13.0 Å². The fourth-order valence-corrected chi connectivity index (χ4v) is 4.02. The van der Waals surface area contributed by atoms with E-state index in [-0.39, 0.29) is 17.5 Å². The third kappa shape index (κ3) is 5.32. The first-order chi connectivity index (χ1) is 13.9. The van der Waals surface area contributed by atoms with Gasteiger partial charge in [0.2, 0.25) is 15.8 Å². The highest BCUT2D eigenvalue weighted by atomic mass is 32.2. The lowest BCUT2D eigenvalue weighted by atomic mass is 10.1. The summed E-state index contributed by atoms with van der Waals surface area (Å²) >= 11 is 0. The van der Waals surface area contributed by atoms with Gasteiger partial charge in [-0.2, -0.15) is 4.73 Å². The number of hydrogen-bond donors (Lipinski definition) is 1. The Balaban J connectivity index is 2.04. The number of fused-ring (bicyclic) bond motifs is 1. The molecule has 0 amide bonds. The second kappa shape index (κ2) is 9.04. The van der Waals surface area contributed by atoms with Crippen LogP contribution in [0.4, 0.5) is 5.82 Å². The lowest BCUT2D eigenvalue weighted by Gasteiger charge is -2.20. The highest BCUT2D eigenvalue weighted by molar-refractivity contribution is 7.92. The second-order valence-electron chi connectivity index (χ2n) is 6.68. The average Bonchev–Trinajstić information content (AvgIpc) is 2.67. The maximum absolute atomic E-state index is 12.3. The molecule has 0 bridgehead atoms. The van der Waals surface area contributed by atoms with E-state index in [4.69, 9.17) is 4.74 Å². The van der Waals surface area contributed by atoms with Crippen LogP contribution in [0.1, 0.15) is 44.8 Å². The fourth-order valence-electron chi connectivity index (χ4n) is 2.95. The zero-order chi connectivity index (χ0) is 20.9. The summed E-state index contributed by atoms with van der Waals surface area (Å²) in [5.74, 6) is 0.0982. The number of nitrogens with one attached hydrogen (secondary N) is 1. The van der Waals surface area contributed by atoms with Crippen molar-refractivity contribution < 1.29 is 17.9 Å². The number of nitrogens with zero attached hydrogens (tertiary/aromatic N) is 3. The molecule has 3 rings (SSSR count). The van der Waals surface area contributed by atoms with Crippen LogP contribution in [0.2, 0.25) is 0 Å². The zero-order valence-electron chi connectivity index (χ0n) is 16.4. The molecule has 2 heterocycles. The largest absolute Gasteiger partial charge is 0.619 e. The van der Waals surface area contributed by atoms with Gasteiger partial charge >= 0.3 is 0 Å². The van der Waals surface area contributed by atoms with Crippen molar-refractivity contribution in [1.82, 2.24) is 9.97 Å². The minimum Gasteiger partial charge on any atom is -0.619 e. The lowest BCUT2D eigenvalue weighted by molar-refractivity contribution is -0.606. The lowest BCUT2D eigenvalue weighted by Crippen LogP contribution is -2.26. The first-order valence-electron chi connectivity index (χ1n) is 9.54. The number of anilines is 1. The van der Waals surface area contributed by atoms with Crippen molar-refractivity contribution in [2.24, 2.45) is 0 Å². The van der Waals surface area contributed by atoms with Crippen LogP contribution in [0.25, 0.3) is 11.0 Å². The van der Waals surface area contributed by atoms with E-state index < -0.39 is 16.1 Å². The molecular weight excluding hydrogens is 392 g/mol. The van der Waals surface area contributed by atoms with Gasteiger partial charge in [-0.3, -0.25) is 4.72 Å². The smallest absolute Gasteiger partial charge is 0.259 e. The van der Waals surface area contributed by atoms with Crippen LogP contribution in [0.3, 0.4) is 0 Å². The van der Waals surface area contributed by atoms with Crippen molar-refractivity contribution in [3.63, 3.8) is 0 Å². The summed E-state index contributed by atoms with van der Waals surface area (Å²) in [6.07, 6.45) is 4.27. The number of rotatable bonds is 9. The number of ether oxygens (including phenoxy) is 1. The highest BCUT2D eigenvalue weighted by Crippen LogP contribution is 2.31. The van der Waals surface area contributed by atoms with Crippen LogP contribution in [0.5, 0.6) is 5.88 Å². The third-order valence-electron chi connectivity index (χ3n) is 4.24. The molecule has 154 valence electrons. The molecule has 0 saturated carbocycles. The monoisotopic (exact) mass is 416 g/mol. The fraction of sp³-hybridized carbons (Fsp3) is 0.350. The quantitative estimate of drug-likeness (QED) is 0.423. The zero-order valence-corrected chi connectivity index (χ0v) is 17.2. The van der Waals surface area contributed by atoms with Gasteiger partial charge in [-0.05, 0) is 31.0 Å². The highest BCUT2D eigenvalue weighted by Gasteiger charge is 2.22. The summed E-state index contributed by atoms with van der Waals surface area (Å²) in [7, 11) is -3.58. The summed E-state index contributed by atoms with van der Waals surface area (Å²) in [6.45, 7) is 3.79. The predicted molar refractivity (Wildman–Crippen MR) is 111 cm³/mol. The van der Waals surface area contributed by atoms with Crippen LogP contribution in [-0.4, -0.2) is 24.1 Å². The molecule has 2 aromatic heterocycles. The van der Waals surface area contributed by atoms with Crippen molar-refractivity contribution in [3.8, 4) is 5.88 Å². The molecule has 0 aliphatic heterocycles. The Bertz CT molecular complexity index is 1090. The average molecular weight is 417 g/mol. The first-order valence-corrected chi connectivity index (χ1v) is 11.2. The molecule has 0 radical (unpaired) electrons. The van der Waals surface area contributed by atoms with Gasteiger partial charge in [-0.25, -0.2) is 18.4 Å². The summed E-state index contributed by atoms with van der Waals surface area (Å²) in [4.78, 5) is 8.92. The van der Waals surface area contributed by atoms with Crippen LogP contribution in [0, 0.1) is 5.21 Å². The van der Waals surface area contributed by atoms with E-state index in [1.54, 1.807) is 37.3 Å². The molecule has 0 aliphatic carbocycles. The maximum atomic E-state index is 12.3. The Morgan fingerprint density at radius 3 is 2.48 bits per heavy atom. The van der Waals surface area contributed by atoms with E-state index in [2.05, 4.69) is 14.7 Å². The molecule has 0 fully saturated rings. The van der Waals surface area contributed by atoms with E-state index >= 15 is 0 Å². The number of hydrogen-bond acceptors (Lipinski definition) is 6. The minimum atomic E-state index is -3.58. The Labute approximate surface area is 170 Å². The normalized spacial score (nSPS) is 12.6. The van der Waals surface area contributed by atoms with Gasteiger partial charge in [0.05, 0.1) is 22.3 Å². The molecule has 0 saturated heterocycles. The SMILES string of the molecule is CCCC(Oc1nc2ccccc2nc1NS(=O)(=O)CCC)c1ccc[n+]([O-])c1. The van der Waals surface area contributed by atoms with Gasteiger partial charge in [-0.15, -0.1) is 0 Å². The van der Waals surface area contributed by atoms with Crippen LogP contribution < -0.4 is 14.2 Å². The number of sulfonamides is 1. The van der Waals surface area contributed by atoms with Crippen molar-refractivity contribution >= 4 is 26.9 Å². The summed E-state index contributed by atoms with van der Waals surface area (Å²) in [6, 6.07) is 10.6. The maximum Gasteiger partial charge on any atom is 0.259 e. The van der Waals surface area contributed by atoms with Crippen molar-refractivity contribution in [1.29, 1.82) is 0 Å². The molecule has 1 N–H and O–H groups in total. The Kier molecular flexibility index (Phi) is 6.48. The van der Waals surface area contributed by atoms with Gasteiger partial charge < -0.3 is 9.94 Å². The molecule has 1 atom stereocenters. The molecule has 8 nitrogen and oxygen atoms in total. The van der Waals surface area contributed by atoms with Crippen molar-refractivity contribution in [2.75, 3.05) is 10.5 Å². The standard InChI is InChI=1S/C20H24N4O4S/c1-3-8-18(15-9-7-12-24(25)14-15)28-20-19(23-29(26,27)13-4-2)21-16-10-5-6-11-17(16)22-20/h5-7,9-12,14,18H,3-4,8,13H2,1-2H3,(H,21,23). The van der Waals surface area contributed by atoms with Gasteiger partial charge in [0, 0.05) is 6.07 Å². The molecule has 1 aromatic carbocycles. The second-order valence-corrected chi connectivity index (χ2v) is 8.52. The Hall–Kier alpha value is -2.94. The topological polar surface area (TPSA) is 108 Å². The summed E-state index contributed by atoms with van der Waals surface area (Å²) in [5, 5.41) is 11.7. The molecule has 0 spiro atoms. The van der Waals surface area contributed by atoms with E-state index in [9.17, 15) is 13.6 Å². The van der Waals surface area contributed by atoms with Crippen molar-refractivity contribution in [3.05, 3.63) is 59.6 Å². The van der Waals surface area contributed by atoms with Gasteiger partial charge in [0.1, 0.15) is 6.10 Å². The molecule has 0 aliphatic rings. The first kappa shape index (κ1) is 20.8. The molecule has 9 heteroatoms. The number of aromatic nitrogens is 3. The van der Waals surface area contributed by atoms with E-state index in [0.29, 0.717) is 34.2 Å².